The van der Waals surface area contributed by atoms with Gasteiger partial charge in [-0.1, -0.05) is 43.3 Å². The molecule has 0 radical (unpaired) electrons. The molecule has 2 aromatic rings. The Morgan fingerprint density at radius 1 is 1.19 bits per heavy atom. The number of rotatable bonds is 1. The summed E-state index contributed by atoms with van der Waals surface area (Å²) in [6.07, 6.45) is 5.59. The maximum atomic E-state index is 2.30. The molecule has 0 amide bonds. The van der Waals surface area contributed by atoms with Crippen molar-refractivity contribution >= 4 is 22.9 Å². The summed E-state index contributed by atoms with van der Waals surface area (Å²) in [7, 11) is 0. The van der Waals surface area contributed by atoms with Crippen LogP contribution in [0.25, 0.3) is 22.9 Å². The second kappa shape index (κ2) is 4.52. The molecule has 2 rings (SSSR count). The monoisotopic (exact) mass is 210 g/mol. The minimum absolute atomic E-state index is 1.08. The van der Waals surface area contributed by atoms with Gasteiger partial charge in [0.25, 0.3) is 0 Å². The maximum Gasteiger partial charge on any atom is -0.0148 e. The molecule has 0 spiro atoms. The lowest BCUT2D eigenvalue weighted by Gasteiger charge is -2.04. The summed E-state index contributed by atoms with van der Waals surface area (Å²) in [5.74, 6) is 0. The maximum absolute atomic E-state index is 2.30. The van der Waals surface area contributed by atoms with Crippen LogP contribution >= 0.6 is 0 Å². The van der Waals surface area contributed by atoms with Crippen molar-refractivity contribution in [2.75, 3.05) is 0 Å². The Labute approximate surface area is 96.9 Å². The molecule has 0 atom stereocenters. The highest BCUT2D eigenvalue weighted by atomic mass is 14.0. The largest absolute Gasteiger partial charge is 0.0795 e. The van der Waals surface area contributed by atoms with Crippen molar-refractivity contribution in [3.63, 3.8) is 0 Å². The molecule has 0 saturated heterocycles. The number of benzene rings is 2. The number of hydrogen-bond donors (Lipinski definition) is 0. The average Bonchev–Trinajstić information content (AvgIpc) is 2.30. The Balaban J connectivity index is 3.00. The predicted molar refractivity (Wildman–Crippen MR) is 72.8 cm³/mol. The Bertz CT molecular complexity index is 618. The molecule has 0 aromatic heterocycles. The molecular formula is C16H18. The normalized spacial score (nSPS) is 13.7. The first-order chi connectivity index (χ1) is 7.77. The van der Waals surface area contributed by atoms with E-state index in [1.807, 2.05) is 0 Å². The second-order valence-electron chi connectivity index (χ2n) is 4.13. The van der Waals surface area contributed by atoms with E-state index in [0.717, 1.165) is 6.42 Å². The Morgan fingerprint density at radius 2 is 1.94 bits per heavy atom. The van der Waals surface area contributed by atoms with E-state index in [1.54, 1.807) is 0 Å². The zero-order valence-corrected chi connectivity index (χ0v) is 10.2. The van der Waals surface area contributed by atoms with Crippen molar-refractivity contribution in [1.82, 2.24) is 0 Å². The molecular weight excluding hydrogens is 192 g/mol. The molecule has 0 aliphatic rings. The molecule has 0 heterocycles. The SMILES string of the molecule is CC=c1c(C)c2ccccc2cc1=CCC. The molecule has 0 bridgehead atoms. The minimum Gasteiger partial charge on any atom is -0.0795 e. The van der Waals surface area contributed by atoms with Crippen LogP contribution in [-0.2, 0) is 0 Å². The summed E-state index contributed by atoms with van der Waals surface area (Å²) in [5.41, 5.74) is 1.39. The Hall–Kier alpha value is -1.56. The van der Waals surface area contributed by atoms with Gasteiger partial charge in [-0.3, -0.25) is 0 Å². The van der Waals surface area contributed by atoms with E-state index < -0.39 is 0 Å². The highest BCUT2D eigenvalue weighted by Gasteiger charge is 1.98. The fourth-order valence-electron chi connectivity index (χ4n) is 2.34. The number of fused-ring (bicyclic) bond motifs is 1. The van der Waals surface area contributed by atoms with Gasteiger partial charge in [0.1, 0.15) is 0 Å². The van der Waals surface area contributed by atoms with Crippen LogP contribution in [0.1, 0.15) is 25.8 Å². The highest BCUT2D eigenvalue weighted by Crippen LogP contribution is 2.12. The molecule has 2 aromatic carbocycles. The first kappa shape index (κ1) is 10.9. The topological polar surface area (TPSA) is 0 Å². The van der Waals surface area contributed by atoms with Crippen LogP contribution in [0.5, 0.6) is 0 Å². The number of aryl methyl sites for hydroxylation is 1. The van der Waals surface area contributed by atoms with Gasteiger partial charge < -0.3 is 0 Å². The first-order valence-electron chi connectivity index (χ1n) is 5.92. The standard InChI is InChI=1S/C16H18/c1-4-8-13-11-14-9-6-7-10-16(14)12(3)15(13)5-2/h5-11H,4H2,1-3H3. The molecule has 82 valence electrons. The van der Waals surface area contributed by atoms with E-state index >= 15 is 0 Å². The quantitative estimate of drug-likeness (QED) is 0.678. The van der Waals surface area contributed by atoms with Gasteiger partial charge in [0, 0.05) is 0 Å². The van der Waals surface area contributed by atoms with E-state index in [4.69, 9.17) is 0 Å². The van der Waals surface area contributed by atoms with Crippen molar-refractivity contribution in [2.45, 2.75) is 27.2 Å². The Kier molecular flexibility index (Phi) is 3.09. The molecule has 0 aliphatic heterocycles. The van der Waals surface area contributed by atoms with Crippen molar-refractivity contribution in [2.24, 2.45) is 0 Å². The first-order valence-corrected chi connectivity index (χ1v) is 5.92. The average molecular weight is 210 g/mol. The smallest absolute Gasteiger partial charge is 0.0148 e. The highest BCUT2D eigenvalue weighted by molar-refractivity contribution is 5.86. The van der Waals surface area contributed by atoms with Crippen LogP contribution < -0.4 is 10.4 Å². The van der Waals surface area contributed by atoms with Gasteiger partial charge in [0.15, 0.2) is 0 Å². The zero-order chi connectivity index (χ0) is 11.5. The van der Waals surface area contributed by atoms with Gasteiger partial charge in [-0.15, -0.1) is 0 Å². The van der Waals surface area contributed by atoms with Crippen molar-refractivity contribution in [3.8, 4) is 0 Å². The summed E-state index contributed by atoms with van der Waals surface area (Å²) >= 11 is 0. The van der Waals surface area contributed by atoms with Gasteiger partial charge in [-0.05, 0) is 53.1 Å². The third kappa shape index (κ3) is 1.76. The summed E-state index contributed by atoms with van der Waals surface area (Å²) in [6.45, 7) is 6.51. The zero-order valence-electron chi connectivity index (χ0n) is 10.2. The molecule has 0 heteroatoms. The van der Waals surface area contributed by atoms with Crippen LogP contribution in [0.4, 0.5) is 0 Å². The third-order valence-corrected chi connectivity index (χ3v) is 3.10. The third-order valence-electron chi connectivity index (χ3n) is 3.10. The lowest BCUT2D eigenvalue weighted by Crippen LogP contribution is -2.27. The Morgan fingerprint density at radius 3 is 2.62 bits per heavy atom. The summed E-state index contributed by atoms with van der Waals surface area (Å²) in [4.78, 5) is 0. The molecule has 0 fully saturated rings. The molecule has 0 aliphatic carbocycles. The van der Waals surface area contributed by atoms with Gasteiger partial charge in [-0.25, -0.2) is 0 Å². The van der Waals surface area contributed by atoms with Gasteiger partial charge in [0.2, 0.25) is 0 Å². The lowest BCUT2D eigenvalue weighted by molar-refractivity contribution is 1.27. The van der Waals surface area contributed by atoms with E-state index in [-0.39, 0.29) is 0 Å². The lowest BCUT2D eigenvalue weighted by atomic mass is 10.0. The van der Waals surface area contributed by atoms with Gasteiger partial charge >= 0.3 is 0 Å². The van der Waals surface area contributed by atoms with E-state index in [0.29, 0.717) is 0 Å². The van der Waals surface area contributed by atoms with Crippen molar-refractivity contribution in [1.29, 1.82) is 0 Å². The summed E-state index contributed by atoms with van der Waals surface area (Å²) < 4.78 is 0. The van der Waals surface area contributed by atoms with Crippen molar-refractivity contribution < 1.29 is 0 Å². The van der Waals surface area contributed by atoms with Crippen LogP contribution in [0.15, 0.2) is 30.3 Å². The van der Waals surface area contributed by atoms with E-state index in [2.05, 4.69) is 63.3 Å². The second-order valence-corrected chi connectivity index (χ2v) is 4.13. The number of hydrogen-bond acceptors (Lipinski definition) is 0. The fourth-order valence-corrected chi connectivity index (χ4v) is 2.34. The van der Waals surface area contributed by atoms with E-state index in [1.165, 1.54) is 26.8 Å². The molecule has 16 heavy (non-hydrogen) atoms. The van der Waals surface area contributed by atoms with Crippen LogP contribution in [0.2, 0.25) is 0 Å². The molecule has 0 N–H and O–H groups in total. The minimum atomic E-state index is 1.08. The predicted octanol–water partition coefficient (Wildman–Crippen LogP) is 3.14. The summed E-state index contributed by atoms with van der Waals surface area (Å²) in [5, 5.41) is 5.44. The van der Waals surface area contributed by atoms with Crippen LogP contribution in [0, 0.1) is 6.92 Å². The fraction of sp³-hybridized carbons (Fsp3) is 0.250. The van der Waals surface area contributed by atoms with Crippen LogP contribution in [0.3, 0.4) is 0 Å². The van der Waals surface area contributed by atoms with Gasteiger partial charge in [-0.2, -0.15) is 0 Å². The van der Waals surface area contributed by atoms with Crippen molar-refractivity contribution in [3.05, 3.63) is 46.3 Å². The van der Waals surface area contributed by atoms with Crippen LogP contribution in [-0.4, -0.2) is 0 Å². The summed E-state index contributed by atoms with van der Waals surface area (Å²) in [6, 6.07) is 10.9. The molecule has 0 saturated carbocycles. The van der Waals surface area contributed by atoms with E-state index in [9.17, 15) is 0 Å². The molecule has 0 unspecified atom stereocenters. The van der Waals surface area contributed by atoms with Gasteiger partial charge in [0.05, 0.1) is 0 Å². The molecule has 0 nitrogen and oxygen atoms in total.